The molecule has 0 bridgehead atoms. The van der Waals surface area contributed by atoms with Crippen molar-refractivity contribution in [2.75, 3.05) is 0 Å². The fourth-order valence-electron chi connectivity index (χ4n) is 8.63. The molecule has 2 heterocycles. The Morgan fingerprint density at radius 2 is 0.554 bits per heavy atom. The molecular weight excluding hydrogens is 677 g/mol. The van der Waals surface area contributed by atoms with E-state index in [4.69, 9.17) is 0 Å². The minimum Gasteiger partial charge on any atom is -0.309 e. The van der Waals surface area contributed by atoms with Gasteiger partial charge in [-0.3, -0.25) is 0 Å². The lowest BCUT2D eigenvalue weighted by molar-refractivity contribution is 1.18. The van der Waals surface area contributed by atoms with Crippen LogP contribution in [0.4, 0.5) is 0 Å². The van der Waals surface area contributed by atoms with Crippen molar-refractivity contribution in [3.8, 4) is 55.9 Å². The predicted molar refractivity (Wildman–Crippen MR) is 237 cm³/mol. The van der Waals surface area contributed by atoms with E-state index in [1.165, 1.54) is 93.8 Å². The Bertz CT molecular complexity index is 3210. The van der Waals surface area contributed by atoms with E-state index in [1.807, 2.05) is 0 Å². The average molecular weight is 713 g/mol. The molecule has 2 nitrogen and oxygen atoms in total. The third kappa shape index (κ3) is 5.34. The van der Waals surface area contributed by atoms with Gasteiger partial charge in [-0.1, -0.05) is 152 Å². The second kappa shape index (κ2) is 13.2. The van der Waals surface area contributed by atoms with Crippen LogP contribution in [-0.2, 0) is 0 Å². The zero-order valence-corrected chi connectivity index (χ0v) is 30.7. The Kier molecular flexibility index (Phi) is 7.53. The van der Waals surface area contributed by atoms with Crippen LogP contribution >= 0.6 is 0 Å². The lowest BCUT2D eigenvalue weighted by Crippen LogP contribution is -1.96. The van der Waals surface area contributed by atoms with Crippen molar-refractivity contribution < 1.29 is 0 Å². The maximum atomic E-state index is 2.44. The van der Waals surface area contributed by atoms with Crippen LogP contribution in [0.25, 0.3) is 99.5 Å². The highest BCUT2D eigenvalue weighted by Crippen LogP contribution is 2.40. The molecule has 0 aliphatic carbocycles. The quantitative estimate of drug-likeness (QED) is 0.162. The smallest absolute Gasteiger partial charge is 0.0541 e. The minimum absolute atomic E-state index is 1.14. The molecule has 0 saturated carbocycles. The second-order valence-electron chi connectivity index (χ2n) is 14.6. The van der Waals surface area contributed by atoms with E-state index in [0.717, 1.165) is 5.69 Å². The average Bonchev–Trinajstić information content (AvgIpc) is 3.79. The topological polar surface area (TPSA) is 9.86 Å². The fraction of sp³-hybridized carbons (Fsp3) is 0. The van der Waals surface area contributed by atoms with Gasteiger partial charge >= 0.3 is 0 Å². The Morgan fingerprint density at radius 1 is 0.196 bits per heavy atom. The summed E-state index contributed by atoms with van der Waals surface area (Å²) in [5.74, 6) is 0. The number of rotatable bonds is 6. The van der Waals surface area contributed by atoms with Gasteiger partial charge in [-0.25, -0.2) is 0 Å². The standard InChI is InChI=1S/C54H36N2/c1-4-14-37(15-5-1)39-24-26-40(27-25-39)44-32-43(38-16-6-2-7-17-38)33-46(34-44)56-52-23-13-11-21-48(52)50-36-42(29-31-54(50)56)41-28-30-53-49(35-41)47-20-10-12-22-51(47)55(53)45-18-8-3-9-19-45/h1-36H. The lowest BCUT2D eigenvalue weighted by atomic mass is 9.96. The maximum Gasteiger partial charge on any atom is 0.0541 e. The molecule has 0 atom stereocenters. The third-order valence-corrected chi connectivity index (χ3v) is 11.3. The van der Waals surface area contributed by atoms with E-state index in [9.17, 15) is 0 Å². The van der Waals surface area contributed by atoms with Crippen LogP contribution in [0.3, 0.4) is 0 Å². The van der Waals surface area contributed by atoms with Gasteiger partial charge in [0.1, 0.15) is 0 Å². The molecule has 262 valence electrons. The van der Waals surface area contributed by atoms with Gasteiger partial charge < -0.3 is 9.13 Å². The summed E-state index contributed by atoms with van der Waals surface area (Å²) in [6, 6.07) is 79.5. The van der Waals surface area contributed by atoms with E-state index in [-0.39, 0.29) is 0 Å². The summed E-state index contributed by atoms with van der Waals surface area (Å²) >= 11 is 0. The molecule has 9 aromatic carbocycles. The molecule has 0 aliphatic heterocycles. The molecule has 56 heavy (non-hydrogen) atoms. The number of hydrogen-bond acceptors (Lipinski definition) is 0. The molecule has 0 aliphatic rings. The largest absolute Gasteiger partial charge is 0.309 e. The van der Waals surface area contributed by atoms with Crippen molar-refractivity contribution in [1.82, 2.24) is 9.13 Å². The number of aromatic nitrogens is 2. The summed E-state index contributed by atoms with van der Waals surface area (Å²) in [6.45, 7) is 0. The first-order valence-electron chi connectivity index (χ1n) is 19.3. The molecule has 0 fully saturated rings. The van der Waals surface area contributed by atoms with Crippen molar-refractivity contribution in [3.05, 3.63) is 218 Å². The molecular formula is C54H36N2. The minimum atomic E-state index is 1.14. The van der Waals surface area contributed by atoms with Crippen molar-refractivity contribution in [2.24, 2.45) is 0 Å². The van der Waals surface area contributed by atoms with E-state index in [0.29, 0.717) is 0 Å². The summed E-state index contributed by atoms with van der Waals surface area (Å²) in [5.41, 5.74) is 16.7. The molecule has 0 saturated heterocycles. The first kappa shape index (κ1) is 32.0. The van der Waals surface area contributed by atoms with Gasteiger partial charge in [0.15, 0.2) is 0 Å². The molecule has 0 spiro atoms. The van der Waals surface area contributed by atoms with E-state index in [1.54, 1.807) is 0 Å². The zero-order valence-electron chi connectivity index (χ0n) is 30.7. The molecule has 2 aromatic heterocycles. The highest BCUT2D eigenvalue weighted by Gasteiger charge is 2.17. The molecule has 2 heteroatoms. The SMILES string of the molecule is c1ccc(-c2ccc(-c3cc(-c4ccccc4)cc(-n4c5ccccc5c5cc(-c6ccc7c(c6)c6ccccc6n7-c6ccccc6)ccc54)c3)cc2)cc1. The van der Waals surface area contributed by atoms with Gasteiger partial charge in [-0.15, -0.1) is 0 Å². The Hall–Kier alpha value is -7.42. The van der Waals surface area contributed by atoms with E-state index >= 15 is 0 Å². The van der Waals surface area contributed by atoms with Gasteiger partial charge in [0.05, 0.1) is 22.1 Å². The normalized spacial score (nSPS) is 11.6. The Morgan fingerprint density at radius 3 is 1.07 bits per heavy atom. The van der Waals surface area contributed by atoms with Gasteiger partial charge in [0.2, 0.25) is 0 Å². The number of benzene rings is 9. The highest BCUT2D eigenvalue weighted by molar-refractivity contribution is 6.12. The second-order valence-corrected chi connectivity index (χ2v) is 14.6. The van der Waals surface area contributed by atoms with Crippen molar-refractivity contribution in [2.45, 2.75) is 0 Å². The van der Waals surface area contributed by atoms with Crippen LogP contribution in [0.15, 0.2) is 218 Å². The number of nitrogens with zero attached hydrogens (tertiary/aromatic N) is 2. The first-order valence-corrected chi connectivity index (χ1v) is 19.3. The van der Waals surface area contributed by atoms with Crippen molar-refractivity contribution in [1.29, 1.82) is 0 Å². The number of fused-ring (bicyclic) bond motifs is 6. The van der Waals surface area contributed by atoms with Gasteiger partial charge in [-0.05, 0) is 111 Å². The molecule has 0 amide bonds. The summed E-state index contributed by atoms with van der Waals surface area (Å²) in [5, 5.41) is 5.00. The number of hydrogen-bond donors (Lipinski definition) is 0. The molecule has 0 N–H and O–H groups in total. The molecule has 0 unspecified atom stereocenters. The van der Waals surface area contributed by atoms with Gasteiger partial charge in [0, 0.05) is 32.9 Å². The first-order chi connectivity index (χ1) is 27.8. The maximum absolute atomic E-state index is 2.44. The zero-order chi connectivity index (χ0) is 37.0. The molecule has 11 aromatic rings. The predicted octanol–water partition coefficient (Wildman–Crippen LogP) is 14.5. The lowest BCUT2D eigenvalue weighted by Gasteiger charge is -2.14. The van der Waals surface area contributed by atoms with E-state index in [2.05, 4.69) is 228 Å². The van der Waals surface area contributed by atoms with Crippen molar-refractivity contribution in [3.63, 3.8) is 0 Å². The molecule has 0 radical (unpaired) electrons. The van der Waals surface area contributed by atoms with Crippen LogP contribution in [0.1, 0.15) is 0 Å². The Balaban J connectivity index is 1.07. The monoisotopic (exact) mass is 712 g/mol. The van der Waals surface area contributed by atoms with Crippen LogP contribution < -0.4 is 0 Å². The number of para-hydroxylation sites is 3. The van der Waals surface area contributed by atoms with Gasteiger partial charge in [-0.2, -0.15) is 0 Å². The Labute approximate surface area is 325 Å². The van der Waals surface area contributed by atoms with Crippen LogP contribution in [0.2, 0.25) is 0 Å². The summed E-state index contributed by atoms with van der Waals surface area (Å²) in [6.07, 6.45) is 0. The summed E-state index contributed by atoms with van der Waals surface area (Å²) in [7, 11) is 0. The summed E-state index contributed by atoms with van der Waals surface area (Å²) in [4.78, 5) is 0. The van der Waals surface area contributed by atoms with Crippen LogP contribution in [0, 0.1) is 0 Å². The van der Waals surface area contributed by atoms with Crippen LogP contribution in [0.5, 0.6) is 0 Å². The van der Waals surface area contributed by atoms with E-state index < -0.39 is 0 Å². The molecule has 11 rings (SSSR count). The highest BCUT2D eigenvalue weighted by atomic mass is 15.0. The van der Waals surface area contributed by atoms with Crippen LogP contribution in [-0.4, -0.2) is 9.13 Å². The third-order valence-electron chi connectivity index (χ3n) is 11.3. The van der Waals surface area contributed by atoms with Gasteiger partial charge in [0.25, 0.3) is 0 Å². The fourth-order valence-corrected chi connectivity index (χ4v) is 8.63. The summed E-state index contributed by atoms with van der Waals surface area (Å²) < 4.78 is 4.82. The van der Waals surface area contributed by atoms with Crippen molar-refractivity contribution >= 4 is 43.6 Å².